The standard InChI is InChI=1S/C17H16ClN3OS/c1-11(12-6-2-3-7-13(12)18)20-17(22)19-10-16-21-14-8-4-5-9-15(14)23-16/h2-9,11H,10H2,1H3,(H2,19,20,22). The Morgan fingerprint density at radius 2 is 1.96 bits per heavy atom. The molecule has 1 aromatic heterocycles. The minimum Gasteiger partial charge on any atom is -0.332 e. The van der Waals surface area contributed by atoms with E-state index in [9.17, 15) is 4.79 Å². The Labute approximate surface area is 143 Å². The Hall–Kier alpha value is -2.11. The van der Waals surface area contributed by atoms with Crippen molar-refractivity contribution in [3.8, 4) is 0 Å². The minimum absolute atomic E-state index is 0.168. The number of nitrogens with zero attached hydrogens (tertiary/aromatic N) is 1. The second-order valence-corrected chi connectivity index (χ2v) is 6.67. The molecule has 6 heteroatoms. The molecule has 0 aliphatic rings. The molecule has 0 radical (unpaired) electrons. The molecule has 0 bridgehead atoms. The van der Waals surface area contributed by atoms with Gasteiger partial charge in [-0.25, -0.2) is 9.78 Å². The summed E-state index contributed by atoms with van der Waals surface area (Å²) in [4.78, 5) is 16.5. The van der Waals surface area contributed by atoms with Crippen LogP contribution in [-0.4, -0.2) is 11.0 Å². The number of para-hydroxylation sites is 1. The lowest BCUT2D eigenvalue weighted by Gasteiger charge is -2.15. The summed E-state index contributed by atoms with van der Waals surface area (Å²) in [5.74, 6) is 0. The molecule has 0 aliphatic heterocycles. The van der Waals surface area contributed by atoms with E-state index < -0.39 is 0 Å². The molecule has 2 aromatic carbocycles. The fourth-order valence-electron chi connectivity index (χ4n) is 2.30. The van der Waals surface area contributed by atoms with Gasteiger partial charge in [0.15, 0.2) is 0 Å². The summed E-state index contributed by atoms with van der Waals surface area (Å²) < 4.78 is 1.12. The number of hydrogen-bond donors (Lipinski definition) is 2. The van der Waals surface area contributed by atoms with Crippen LogP contribution in [0.25, 0.3) is 10.2 Å². The number of amides is 2. The first-order chi connectivity index (χ1) is 11.1. The minimum atomic E-state index is -0.239. The quantitative estimate of drug-likeness (QED) is 0.731. The van der Waals surface area contributed by atoms with Crippen molar-refractivity contribution in [2.24, 2.45) is 0 Å². The third kappa shape index (κ3) is 3.81. The van der Waals surface area contributed by atoms with Gasteiger partial charge in [0.05, 0.1) is 22.8 Å². The number of nitrogens with one attached hydrogen (secondary N) is 2. The zero-order valence-electron chi connectivity index (χ0n) is 12.5. The predicted molar refractivity (Wildman–Crippen MR) is 94.9 cm³/mol. The van der Waals surface area contributed by atoms with Gasteiger partial charge in [-0.3, -0.25) is 0 Å². The Morgan fingerprint density at radius 3 is 2.74 bits per heavy atom. The number of carbonyl (C=O) groups excluding carboxylic acids is 1. The van der Waals surface area contributed by atoms with Crippen LogP contribution in [0.2, 0.25) is 5.02 Å². The first-order valence-corrected chi connectivity index (χ1v) is 8.46. The molecule has 1 unspecified atom stereocenters. The van der Waals surface area contributed by atoms with Gasteiger partial charge in [-0.15, -0.1) is 11.3 Å². The molecule has 23 heavy (non-hydrogen) atoms. The number of hydrogen-bond acceptors (Lipinski definition) is 3. The number of rotatable bonds is 4. The highest BCUT2D eigenvalue weighted by molar-refractivity contribution is 7.18. The average Bonchev–Trinajstić information content (AvgIpc) is 2.96. The predicted octanol–water partition coefficient (Wildman–Crippen LogP) is 4.51. The highest BCUT2D eigenvalue weighted by Gasteiger charge is 2.12. The number of halogens is 1. The van der Waals surface area contributed by atoms with E-state index in [1.807, 2.05) is 55.5 Å². The Bertz CT molecular complexity index is 800. The third-order valence-corrected chi connectivity index (χ3v) is 4.84. The maximum atomic E-state index is 12.0. The van der Waals surface area contributed by atoms with E-state index in [0.717, 1.165) is 20.8 Å². The molecule has 1 heterocycles. The van der Waals surface area contributed by atoms with Gasteiger partial charge in [-0.05, 0) is 30.7 Å². The van der Waals surface area contributed by atoms with Gasteiger partial charge >= 0.3 is 6.03 Å². The van der Waals surface area contributed by atoms with E-state index in [1.165, 1.54) is 0 Å². The lowest BCUT2D eigenvalue weighted by molar-refractivity contribution is 0.237. The van der Waals surface area contributed by atoms with E-state index in [1.54, 1.807) is 11.3 Å². The van der Waals surface area contributed by atoms with Gasteiger partial charge in [0.1, 0.15) is 5.01 Å². The molecule has 0 fully saturated rings. The normalized spacial score (nSPS) is 12.1. The summed E-state index contributed by atoms with van der Waals surface area (Å²) in [5, 5.41) is 7.24. The molecule has 118 valence electrons. The number of urea groups is 1. The van der Waals surface area contributed by atoms with Crippen LogP contribution in [0, 0.1) is 0 Å². The zero-order chi connectivity index (χ0) is 16.2. The summed E-state index contributed by atoms with van der Waals surface area (Å²) in [6, 6.07) is 15.0. The summed E-state index contributed by atoms with van der Waals surface area (Å²) in [6.07, 6.45) is 0. The van der Waals surface area contributed by atoms with Crippen molar-refractivity contribution in [2.75, 3.05) is 0 Å². The molecular formula is C17H16ClN3OS. The second-order valence-electron chi connectivity index (χ2n) is 5.15. The number of aromatic nitrogens is 1. The lowest BCUT2D eigenvalue weighted by atomic mass is 10.1. The Morgan fingerprint density at radius 1 is 1.22 bits per heavy atom. The van der Waals surface area contributed by atoms with Crippen molar-refractivity contribution < 1.29 is 4.79 Å². The molecule has 1 atom stereocenters. The van der Waals surface area contributed by atoms with Crippen LogP contribution in [0.15, 0.2) is 48.5 Å². The molecular weight excluding hydrogens is 330 g/mol. The molecule has 3 aromatic rings. The fourth-order valence-corrected chi connectivity index (χ4v) is 3.51. The SMILES string of the molecule is CC(NC(=O)NCc1nc2ccccc2s1)c1ccccc1Cl. The molecule has 4 nitrogen and oxygen atoms in total. The summed E-state index contributed by atoms with van der Waals surface area (Å²) in [5.41, 5.74) is 1.85. The number of thiazole rings is 1. The van der Waals surface area contributed by atoms with Crippen molar-refractivity contribution in [2.45, 2.75) is 19.5 Å². The van der Waals surface area contributed by atoms with Gasteiger partial charge in [-0.1, -0.05) is 41.9 Å². The van der Waals surface area contributed by atoms with Crippen molar-refractivity contribution in [1.82, 2.24) is 15.6 Å². The van der Waals surface area contributed by atoms with E-state index in [-0.39, 0.29) is 12.1 Å². The van der Waals surface area contributed by atoms with Crippen molar-refractivity contribution in [3.05, 3.63) is 64.1 Å². The van der Waals surface area contributed by atoms with Crippen LogP contribution in [0.4, 0.5) is 4.79 Å². The fraction of sp³-hybridized carbons (Fsp3) is 0.176. The van der Waals surface area contributed by atoms with Crippen molar-refractivity contribution >= 4 is 39.2 Å². The van der Waals surface area contributed by atoms with Gasteiger partial charge < -0.3 is 10.6 Å². The first-order valence-electron chi connectivity index (χ1n) is 7.27. The first kappa shape index (κ1) is 15.8. The highest BCUT2D eigenvalue weighted by atomic mass is 35.5. The molecule has 2 N–H and O–H groups in total. The Kier molecular flexibility index (Phi) is 4.79. The molecule has 2 amide bonds. The third-order valence-electron chi connectivity index (χ3n) is 3.46. The van der Waals surface area contributed by atoms with Crippen LogP contribution in [0.5, 0.6) is 0 Å². The van der Waals surface area contributed by atoms with E-state index in [2.05, 4.69) is 15.6 Å². The number of fused-ring (bicyclic) bond motifs is 1. The van der Waals surface area contributed by atoms with E-state index in [0.29, 0.717) is 11.6 Å². The molecule has 0 spiro atoms. The highest BCUT2D eigenvalue weighted by Crippen LogP contribution is 2.22. The summed E-state index contributed by atoms with van der Waals surface area (Å²) >= 11 is 7.72. The van der Waals surface area contributed by atoms with E-state index >= 15 is 0 Å². The zero-order valence-corrected chi connectivity index (χ0v) is 14.1. The van der Waals surface area contributed by atoms with Crippen LogP contribution < -0.4 is 10.6 Å². The van der Waals surface area contributed by atoms with Gasteiger partial charge in [0.2, 0.25) is 0 Å². The maximum absolute atomic E-state index is 12.0. The van der Waals surface area contributed by atoms with Gasteiger partial charge in [0, 0.05) is 5.02 Å². The molecule has 3 rings (SSSR count). The van der Waals surface area contributed by atoms with Crippen LogP contribution in [0.3, 0.4) is 0 Å². The molecule has 0 aliphatic carbocycles. The van der Waals surface area contributed by atoms with Crippen molar-refractivity contribution in [1.29, 1.82) is 0 Å². The van der Waals surface area contributed by atoms with Crippen LogP contribution >= 0.6 is 22.9 Å². The van der Waals surface area contributed by atoms with Gasteiger partial charge in [-0.2, -0.15) is 0 Å². The number of benzene rings is 2. The smallest absolute Gasteiger partial charge is 0.315 e. The second kappa shape index (κ2) is 6.98. The van der Waals surface area contributed by atoms with Crippen LogP contribution in [-0.2, 0) is 6.54 Å². The lowest BCUT2D eigenvalue weighted by Crippen LogP contribution is -2.36. The topological polar surface area (TPSA) is 54.0 Å². The maximum Gasteiger partial charge on any atom is 0.315 e. The summed E-state index contributed by atoms with van der Waals surface area (Å²) in [6.45, 7) is 2.30. The van der Waals surface area contributed by atoms with Gasteiger partial charge in [0.25, 0.3) is 0 Å². The van der Waals surface area contributed by atoms with Crippen LogP contribution in [0.1, 0.15) is 23.5 Å². The average molecular weight is 346 g/mol. The summed E-state index contributed by atoms with van der Waals surface area (Å²) in [7, 11) is 0. The van der Waals surface area contributed by atoms with E-state index in [4.69, 9.17) is 11.6 Å². The number of carbonyl (C=O) groups is 1. The monoisotopic (exact) mass is 345 g/mol. The Balaban J connectivity index is 1.58. The largest absolute Gasteiger partial charge is 0.332 e. The molecule has 0 saturated carbocycles. The molecule has 0 saturated heterocycles. The van der Waals surface area contributed by atoms with Crippen molar-refractivity contribution in [3.63, 3.8) is 0 Å².